The van der Waals surface area contributed by atoms with Crippen molar-refractivity contribution in [1.82, 2.24) is 9.88 Å². The first-order valence-electron chi connectivity index (χ1n) is 7.63. The molecule has 0 aliphatic heterocycles. The predicted octanol–water partition coefficient (Wildman–Crippen LogP) is 3.72. The summed E-state index contributed by atoms with van der Waals surface area (Å²) in [5, 5.41) is 0. The lowest BCUT2D eigenvalue weighted by atomic mass is 10.2. The van der Waals surface area contributed by atoms with Gasteiger partial charge in [0.05, 0.1) is 0 Å². The van der Waals surface area contributed by atoms with E-state index < -0.39 is 0 Å². The van der Waals surface area contributed by atoms with Crippen molar-refractivity contribution >= 4 is 17.3 Å². The first kappa shape index (κ1) is 16.0. The minimum Gasteiger partial charge on any atom is -0.345 e. The second kappa shape index (κ2) is 7.59. The highest BCUT2D eigenvalue weighted by Gasteiger charge is 2.14. The van der Waals surface area contributed by atoms with E-state index in [9.17, 15) is 4.79 Å². The zero-order valence-electron chi connectivity index (χ0n) is 13.5. The van der Waals surface area contributed by atoms with E-state index in [1.54, 1.807) is 11.1 Å². The van der Waals surface area contributed by atoms with Gasteiger partial charge in [0, 0.05) is 38.2 Å². The van der Waals surface area contributed by atoms with Gasteiger partial charge in [0.15, 0.2) is 0 Å². The Hall–Kier alpha value is -2.36. The standard InChI is InChI=1S/C18H23N3O/c1-4-5-13-20(2)18(22)17-14-16(11-12-19-17)21(3)15-9-7-6-8-10-15/h6-12,14H,4-5,13H2,1-3H3. The minimum absolute atomic E-state index is 0.0308. The molecule has 0 aliphatic rings. The molecule has 1 aromatic heterocycles. The lowest BCUT2D eigenvalue weighted by Gasteiger charge is -2.21. The van der Waals surface area contributed by atoms with Gasteiger partial charge in [0.2, 0.25) is 0 Å². The highest BCUT2D eigenvalue weighted by molar-refractivity contribution is 5.93. The number of carbonyl (C=O) groups is 1. The van der Waals surface area contributed by atoms with Crippen LogP contribution in [0.3, 0.4) is 0 Å². The second-order valence-electron chi connectivity index (χ2n) is 5.37. The maximum atomic E-state index is 12.4. The largest absolute Gasteiger partial charge is 0.345 e. The van der Waals surface area contributed by atoms with Gasteiger partial charge in [-0.15, -0.1) is 0 Å². The first-order valence-corrected chi connectivity index (χ1v) is 7.63. The van der Waals surface area contributed by atoms with Gasteiger partial charge in [0.25, 0.3) is 5.91 Å². The van der Waals surface area contributed by atoms with E-state index in [0.29, 0.717) is 5.69 Å². The van der Waals surface area contributed by atoms with Gasteiger partial charge >= 0.3 is 0 Å². The van der Waals surface area contributed by atoms with E-state index in [2.05, 4.69) is 11.9 Å². The number of aromatic nitrogens is 1. The Bertz CT molecular complexity index is 613. The molecule has 0 bridgehead atoms. The molecule has 2 rings (SSSR count). The van der Waals surface area contributed by atoms with Crippen LogP contribution in [0.1, 0.15) is 30.3 Å². The van der Waals surface area contributed by atoms with Crippen molar-refractivity contribution in [3.05, 3.63) is 54.4 Å². The molecule has 116 valence electrons. The third-order valence-corrected chi connectivity index (χ3v) is 3.69. The minimum atomic E-state index is -0.0308. The predicted molar refractivity (Wildman–Crippen MR) is 90.6 cm³/mol. The quantitative estimate of drug-likeness (QED) is 0.815. The third kappa shape index (κ3) is 3.85. The maximum absolute atomic E-state index is 12.4. The van der Waals surface area contributed by atoms with Gasteiger partial charge in [-0.25, -0.2) is 0 Å². The van der Waals surface area contributed by atoms with Crippen LogP contribution >= 0.6 is 0 Å². The molecule has 1 amide bonds. The summed E-state index contributed by atoms with van der Waals surface area (Å²) in [5.41, 5.74) is 2.51. The summed E-state index contributed by atoms with van der Waals surface area (Å²) in [6.07, 6.45) is 3.77. The molecule has 0 saturated carbocycles. The lowest BCUT2D eigenvalue weighted by Crippen LogP contribution is -2.28. The molecule has 0 unspecified atom stereocenters. The second-order valence-corrected chi connectivity index (χ2v) is 5.37. The highest BCUT2D eigenvalue weighted by Crippen LogP contribution is 2.23. The monoisotopic (exact) mass is 297 g/mol. The average molecular weight is 297 g/mol. The zero-order chi connectivity index (χ0) is 15.9. The molecular formula is C18H23N3O. The highest BCUT2D eigenvalue weighted by atomic mass is 16.2. The normalized spacial score (nSPS) is 10.3. The molecule has 0 saturated heterocycles. The molecule has 0 radical (unpaired) electrons. The summed E-state index contributed by atoms with van der Waals surface area (Å²) in [5.74, 6) is -0.0308. The lowest BCUT2D eigenvalue weighted by molar-refractivity contribution is 0.0787. The Labute approximate surface area is 132 Å². The summed E-state index contributed by atoms with van der Waals surface area (Å²) in [6.45, 7) is 2.88. The summed E-state index contributed by atoms with van der Waals surface area (Å²) in [6, 6.07) is 13.8. The van der Waals surface area contributed by atoms with Crippen molar-refractivity contribution in [1.29, 1.82) is 0 Å². The van der Waals surface area contributed by atoms with Gasteiger partial charge < -0.3 is 9.80 Å². The Balaban J connectivity index is 2.18. The van der Waals surface area contributed by atoms with E-state index in [-0.39, 0.29) is 5.91 Å². The smallest absolute Gasteiger partial charge is 0.272 e. The van der Waals surface area contributed by atoms with E-state index in [1.807, 2.05) is 61.5 Å². The van der Waals surface area contributed by atoms with Crippen molar-refractivity contribution in [3.63, 3.8) is 0 Å². The Morgan fingerprint density at radius 2 is 1.82 bits per heavy atom. The number of benzene rings is 1. The molecule has 0 aliphatic carbocycles. The van der Waals surface area contributed by atoms with Crippen LogP contribution in [0.5, 0.6) is 0 Å². The van der Waals surface area contributed by atoms with Crippen molar-refractivity contribution in [2.45, 2.75) is 19.8 Å². The van der Waals surface area contributed by atoms with Crippen LogP contribution in [0.2, 0.25) is 0 Å². The number of hydrogen-bond acceptors (Lipinski definition) is 3. The molecule has 1 heterocycles. The van der Waals surface area contributed by atoms with E-state index in [1.165, 1.54) is 0 Å². The fraction of sp³-hybridized carbons (Fsp3) is 0.333. The van der Waals surface area contributed by atoms with Crippen LogP contribution in [0.4, 0.5) is 11.4 Å². The molecule has 22 heavy (non-hydrogen) atoms. The molecule has 0 N–H and O–H groups in total. The number of anilines is 2. The number of amides is 1. The van der Waals surface area contributed by atoms with Crippen molar-refractivity contribution in [2.75, 3.05) is 25.5 Å². The summed E-state index contributed by atoms with van der Waals surface area (Å²) in [4.78, 5) is 20.4. The number of nitrogens with zero attached hydrogens (tertiary/aromatic N) is 3. The van der Waals surface area contributed by atoms with Gasteiger partial charge in [-0.3, -0.25) is 9.78 Å². The van der Waals surface area contributed by atoms with Crippen molar-refractivity contribution in [3.8, 4) is 0 Å². The van der Waals surface area contributed by atoms with Crippen LogP contribution < -0.4 is 4.90 Å². The molecule has 0 atom stereocenters. The van der Waals surface area contributed by atoms with Crippen molar-refractivity contribution in [2.24, 2.45) is 0 Å². The summed E-state index contributed by atoms with van der Waals surface area (Å²) < 4.78 is 0. The van der Waals surface area contributed by atoms with E-state index in [0.717, 1.165) is 30.8 Å². The average Bonchev–Trinajstić information content (AvgIpc) is 2.59. The molecule has 1 aromatic carbocycles. The Kier molecular flexibility index (Phi) is 5.53. The topological polar surface area (TPSA) is 36.4 Å². The number of pyridine rings is 1. The number of hydrogen-bond donors (Lipinski definition) is 0. The fourth-order valence-electron chi connectivity index (χ4n) is 2.24. The fourth-order valence-corrected chi connectivity index (χ4v) is 2.24. The molecular weight excluding hydrogens is 274 g/mol. The molecule has 4 nitrogen and oxygen atoms in total. The van der Waals surface area contributed by atoms with Crippen LogP contribution in [0, 0.1) is 0 Å². The summed E-state index contributed by atoms with van der Waals surface area (Å²) >= 11 is 0. The van der Waals surface area contributed by atoms with Gasteiger partial charge in [-0.2, -0.15) is 0 Å². The van der Waals surface area contributed by atoms with Crippen molar-refractivity contribution < 1.29 is 4.79 Å². The van der Waals surface area contributed by atoms with Gasteiger partial charge in [-0.1, -0.05) is 31.5 Å². The SMILES string of the molecule is CCCCN(C)C(=O)c1cc(N(C)c2ccccc2)ccn1. The van der Waals surface area contributed by atoms with Crippen LogP contribution in [-0.4, -0.2) is 36.4 Å². The van der Waals surface area contributed by atoms with Gasteiger partial charge in [0.1, 0.15) is 5.69 Å². The molecule has 0 fully saturated rings. The van der Waals surface area contributed by atoms with E-state index >= 15 is 0 Å². The third-order valence-electron chi connectivity index (χ3n) is 3.69. The Morgan fingerprint density at radius 1 is 1.09 bits per heavy atom. The van der Waals surface area contributed by atoms with E-state index in [4.69, 9.17) is 0 Å². The van der Waals surface area contributed by atoms with Crippen LogP contribution in [-0.2, 0) is 0 Å². The zero-order valence-corrected chi connectivity index (χ0v) is 13.5. The molecule has 4 heteroatoms. The number of carbonyl (C=O) groups excluding carboxylic acids is 1. The van der Waals surface area contributed by atoms with Gasteiger partial charge in [-0.05, 0) is 30.7 Å². The number of rotatable bonds is 6. The van der Waals surface area contributed by atoms with Crippen LogP contribution in [0.25, 0.3) is 0 Å². The number of unbranched alkanes of at least 4 members (excludes halogenated alkanes) is 1. The maximum Gasteiger partial charge on any atom is 0.272 e. The molecule has 0 spiro atoms. The molecule has 2 aromatic rings. The van der Waals surface area contributed by atoms with Crippen LogP contribution in [0.15, 0.2) is 48.7 Å². The summed E-state index contributed by atoms with van der Waals surface area (Å²) in [7, 11) is 3.81. The first-order chi connectivity index (χ1) is 10.6. The Morgan fingerprint density at radius 3 is 2.50 bits per heavy atom. The number of para-hydroxylation sites is 1.